The third-order valence-electron chi connectivity index (χ3n) is 3.04. The number of hydrogen-bond acceptors (Lipinski definition) is 3. The summed E-state index contributed by atoms with van der Waals surface area (Å²) < 4.78 is 8.01. The summed E-state index contributed by atoms with van der Waals surface area (Å²) in [5.74, 6) is 0.928. The van der Waals surface area contributed by atoms with Crippen molar-refractivity contribution in [2.24, 2.45) is 0 Å². The van der Waals surface area contributed by atoms with E-state index in [0.29, 0.717) is 9.79 Å². The standard InChI is InChI=1S/C13H12ClN3OS/c1-8(5-10-3-2-4-18-10)17-12-11(16-13(17)19)6-9(14)7-15-12/h2-4,6-8H,5H2,1H3,(H,16,19). The van der Waals surface area contributed by atoms with Crippen LogP contribution in [0.15, 0.2) is 35.1 Å². The second-order valence-corrected chi connectivity index (χ2v) is 5.28. The minimum Gasteiger partial charge on any atom is -0.469 e. The van der Waals surface area contributed by atoms with Gasteiger partial charge < -0.3 is 9.40 Å². The van der Waals surface area contributed by atoms with Crippen molar-refractivity contribution in [2.75, 3.05) is 0 Å². The fourth-order valence-corrected chi connectivity index (χ4v) is 2.74. The molecule has 1 unspecified atom stereocenters. The zero-order valence-corrected chi connectivity index (χ0v) is 11.8. The minimum atomic E-state index is 0.154. The quantitative estimate of drug-likeness (QED) is 0.738. The van der Waals surface area contributed by atoms with Gasteiger partial charge in [0.1, 0.15) is 5.76 Å². The lowest BCUT2D eigenvalue weighted by molar-refractivity contribution is 0.451. The topological polar surface area (TPSA) is 46.8 Å². The Hall–Kier alpha value is -1.59. The Morgan fingerprint density at radius 1 is 1.58 bits per heavy atom. The molecule has 0 saturated heterocycles. The summed E-state index contributed by atoms with van der Waals surface area (Å²) in [6.07, 6.45) is 4.07. The fourth-order valence-electron chi connectivity index (χ4n) is 2.21. The van der Waals surface area contributed by atoms with Crippen molar-refractivity contribution in [2.45, 2.75) is 19.4 Å². The highest BCUT2D eigenvalue weighted by Gasteiger charge is 2.14. The highest BCUT2D eigenvalue weighted by Crippen LogP contribution is 2.22. The van der Waals surface area contributed by atoms with Crippen LogP contribution in [0, 0.1) is 4.77 Å². The predicted octanol–water partition coefficient (Wildman–Crippen LogP) is 4.14. The van der Waals surface area contributed by atoms with Crippen molar-refractivity contribution in [3.05, 3.63) is 46.2 Å². The summed E-state index contributed by atoms with van der Waals surface area (Å²) in [7, 11) is 0. The number of nitrogens with one attached hydrogen (secondary N) is 1. The van der Waals surface area contributed by atoms with Crippen molar-refractivity contribution < 1.29 is 4.42 Å². The number of H-pyrrole nitrogens is 1. The molecule has 0 aliphatic rings. The van der Waals surface area contributed by atoms with Crippen LogP contribution in [0.5, 0.6) is 0 Å². The van der Waals surface area contributed by atoms with Crippen LogP contribution in [0.3, 0.4) is 0 Å². The van der Waals surface area contributed by atoms with Crippen LogP contribution in [0.1, 0.15) is 18.7 Å². The molecule has 0 aromatic carbocycles. The van der Waals surface area contributed by atoms with E-state index in [0.717, 1.165) is 23.3 Å². The third-order valence-corrected chi connectivity index (χ3v) is 3.54. The monoisotopic (exact) mass is 293 g/mol. The van der Waals surface area contributed by atoms with Gasteiger partial charge in [-0.2, -0.15) is 0 Å². The van der Waals surface area contributed by atoms with Crippen LogP contribution >= 0.6 is 23.8 Å². The van der Waals surface area contributed by atoms with E-state index in [4.69, 9.17) is 28.2 Å². The van der Waals surface area contributed by atoms with Crippen LogP contribution in [0.25, 0.3) is 11.2 Å². The normalized spacial score (nSPS) is 12.9. The van der Waals surface area contributed by atoms with Crippen LogP contribution < -0.4 is 0 Å². The molecule has 6 heteroatoms. The Balaban J connectivity index is 2.04. The lowest BCUT2D eigenvalue weighted by Crippen LogP contribution is -2.08. The molecule has 1 N–H and O–H groups in total. The average molecular weight is 294 g/mol. The molecule has 1 atom stereocenters. The van der Waals surface area contributed by atoms with Crippen LogP contribution in [0.4, 0.5) is 0 Å². The molecule has 3 heterocycles. The number of furan rings is 1. The number of hydrogen-bond donors (Lipinski definition) is 1. The molecule has 3 aromatic heterocycles. The lowest BCUT2D eigenvalue weighted by Gasteiger charge is -2.12. The Labute approximate surface area is 120 Å². The highest BCUT2D eigenvalue weighted by atomic mass is 35.5. The smallest absolute Gasteiger partial charge is 0.179 e. The van der Waals surface area contributed by atoms with E-state index in [9.17, 15) is 0 Å². The number of rotatable bonds is 3. The SMILES string of the molecule is CC(Cc1ccco1)n1c(=S)[nH]c2cc(Cl)cnc21. The molecule has 3 rings (SSSR count). The Morgan fingerprint density at radius 2 is 2.42 bits per heavy atom. The van der Waals surface area contributed by atoms with Crippen LogP contribution in [-0.2, 0) is 6.42 Å². The molecule has 0 bridgehead atoms. The first-order chi connectivity index (χ1) is 9.15. The summed E-state index contributed by atoms with van der Waals surface area (Å²) in [6, 6.07) is 5.82. The van der Waals surface area contributed by atoms with Crippen LogP contribution in [0.2, 0.25) is 5.02 Å². The maximum absolute atomic E-state index is 5.93. The van der Waals surface area contributed by atoms with E-state index in [1.165, 1.54) is 0 Å². The van der Waals surface area contributed by atoms with Crippen molar-refractivity contribution >= 4 is 35.0 Å². The van der Waals surface area contributed by atoms with Crippen molar-refractivity contribution in [1.29, 1.82) is 0 Å². The van der Waals surface area contributed by atoms with E-state index in [1.54, 1.807) is 12.5 Å². The largest absolute Gasteiger partial charge is 0.469 e. The Bertz CT molecular complexity index is 760. The minimum absolute atomic E-state index is 0.154. The van der Waals surface area contributed by atoms with Gasteiger partial charge in [0.25, 0.3) is 0 Å². The highest BCUT2D eigenvalue weighted by molar-refractivity contribution is 7.71. The number of imidazole rings is 1. The first kappa shape index (κ1) is 12.4. The number of aromatic nitrogens is 3. The van der Waals surface area contributed by atoms with E-state index < -0.39 is 0 Å². The van der Waals surface area contributed by atoms with Gasteiger partial charge in [0.05, 0.1) is 16.8 Å². The second kappa shape index (κ2) is 4.83. The summed E-state index contributed by atoms with van der Waals surface area (Å²) >= 11 is 11.3. The summed E-state index contributed by atoms with van der Waals surface area (Å²) in [5, 5.41) is 0.592. The number of nitrogens with zero attached hydrogens (tertiary/aromatic N) is 2. The number of aromatic amines is 1. The van der Waals surface area contributed by atoms with Gasteiger partial charge in [0, 0.05) is 18.7 Å². The van der Waals surface area contributed by atoms with Gasteiger partial charge in [-0.15, -0.1) is 0 Å². The molecule has 0 spiro atoms. The van der Waals surface area contributed by atoms with Gasteiger partial charge in [-0.05, 0) is 37.3 Å². The number of pyridine rings is 1. The molecular weight excluding hydrogens is 282 g/mol. The molecule has 0 aliphatic carbocycles. The first-order valence-electron chi connectivity index (χ1n) is 5.93. The molecule has 98 valence electrons. The van der Waals surface area contributed by atoms with Crippen LogP contribution in [-0.4, -0.2) is 14.5 Å². The van der Waals surface area contributed by atoms with E-state index >= 15 is 0 Å². The molecule has 0 fully saturated rings. The Kier molecular flexibility index (Phi) is 3.16. The summed E-state index contributed by atoms with van der Waals surface area (Å²) in [5.41, 5.74) is 1.66. The van der Waals surface area contributed by atoms with E-state index in [2.05, 4.69) is 16.9 Å². The zero-order chi connectivity index (χ0) is 13.4. The second-order valence-electron chi connectivity index (χ2n) is 4.46. The van der Waals surface area contributed by atoms with Gasteiger partial charge in [0.2, 0.25) is 0 Å². The average Bonchev–Trinajstić information content (AvgIpc) is 2.95. The third kappa shape index (κ3) is 2.31. The van der Waals surface area contributed by atoms with E-state index in [-0.39, 0.29) is 6.04 Å². The molecule has 19 heavy (non-hydrogen) atoms. The molecule has 0 saturated carbocycles. The maximum atomic E-state index is 5.93. The van der Waals surface area contributed by atoms with Gasteiger partial charge >= 0.3 is 0 Å². The van der Waals surface area contributed by atoms with Gasteiger partial charge in [-0.1, -0.05) is 11.6 Å². The molecule has 4 nitrogen and oxygen atoms in total. The summed E-state index contributed by atoms with van der Waals surface area (Å²) in [6.45, 7) is 2.09. The summed E-state index contributed by atoms with van der Waals surface area (Å²) in [4.78, 5) is 7.48. The molecule has 0 amide bonds. The lowest BCUT2D eigenvalue weighted by atomic mass is 10.2. The van der Waals surface area contributed by atoms with E-state index in [1.807, 2.05) is 22.8 Å². The van der Waals surface area contributed by atoms with Crippen molar-refractivity contribution in [3.8, 4) is 0 Å². The van der Waals surface area contributed by atoms with Gasteiger partial charge in [-0.3, -0.25) is 4.57 Å². The van der Waals surface area contributed by atoms with Crippen molar-refractivity contribution in [1.82, 2.24) is 14.5 Å². The number of fused-ring (bicyclic) bond motifs is 1. The number of halogens is 1. The van der Waals surface area contributed by atoms with Crippen molar-refractivity contribution in [3.63, 3.8) is 0 Å². The molecule has 3 aromatic rings. The Morgan fingerprint density at radius 3 is 3.16 bits per heavy atom. The molecular formula is C13H12ClN3OS. The van der Waals surface area contributed by atoms with Gasteiger partial charge in [-0.25, -0.2) is 4.98 Å². The first-order valence-corrected chi connectivity index (χ1v) is 6.72. The fraction of sp³-hybridized carbons (Fsp3) is 0.231. The molecule has 0 radical (unpaired) electrons. The zero-order valence-electron chi connectivity index (χ0n) is 10.3. The molecule has 0 aliphatic heterocycles. The van der Waals surface area contributed by atoms with Gasteiger partial charge in [0.15, 0.2) is 10.4 Å². The predicted molar refractivity (Wildman–Crippen MR) is 77.1 cm³/mol. The maximum Gasteiger partial charge on any atom is 0.179 e.